The lowest BCUT2D eigenvalue weighted by molar-refractivity contribution is -0.148. The SMILES string of the molecule is CCOC(=O)C1(C2=CC=CC(C)(C)C2C)CC1. The molecule has 0 aromatic carbocycles. The van der Waals surface area contributed by atoms with Gasteiger partial charge >= 0.3 is 5.97 Å². The maximum atomic E-state index is 12.1. The summed E-state index contributed by atoms with van der Waals surface area (Å²) in [5, 5.41) is 0. The molecule has 0 aromatic rings. The molecule has 0 heterocycles. The van der Waals surface area contributed by atoms with Crippen LogP contribution in [-0.4, -0.2) is 12.6 Å². The zero-order valence-electron chi connectivity index (χ0n) is 11.2. The summed E-state index contributed by atoms with van der Waals surface area (Å²) in [6.07, 6.45) is 8.34. The summed E-state index contributed by atoms with van der Waals surface area (Å²) in [6, 6.07) is 0. The first-order valence-electron chi connectivity index (χ1n) is 6.51. The molecule has 1 saturated carbocycles. The number of ether oxygens (including phenoxy) is 1. The van der Waals surface area contributed by atoms with Crippen LogP contribution in [0.3, 0.4) is 0 Å². The van der Waals surface area contributed by atoms with Gasteiger partial charge in [-0.05, 0) is 36.7 Å². The number of hydrogen-bond acceptors (Lipinski definition) is 2. The largest absolute Gasteiger partial charge is 0.465 e. The maximum Gasteiger partial charge on any atom is 0.316 e. The molecule has 1 atom stereocenters. The minimum atomic E-state index is -0.294. The second-order valence-corrected chi connectivity index (χ2v) is 5.83. The van der Waals surface area contributed by atoms with Crippen molar-refractivity contribution in [3.8, 4) is 0 Å². The summed E-state index contributed by atoms with van der Waals surface area (Å²) in [6.45, 7) is 9.01. The lowest BCUT2D eigenvalue weighted by Gasteiger charge is -2.36. The third kappa shape index (κ3) is 1.94. The van der Waals surface area contributed by atoms with E-state index >= 15 is 0 Å². The smallest absolute Gasteiger partial charge is 0.316 e. The molecule has 0 aromatic heterocycles. The lowest BCUT2D eigenvalue weighted by Crippen LogP contribution is -2.32. The summed E-state index contributed by atoms with van der Waals surface area (Å²) in [5.41, 5.74) is 1.10. The van der Waals surface area contributed by atoms with E-state index in [1.807, 2.05) is 6.92 Å². The summed E-state index contributed by atoms with van der Waals surface area (Å²) in [7, 11) is 0. The third-order valence-electron chi connectivity index (χ3n) is 4.35. The zero-order chi connectivity index (χ0) is 12.7. The molecule has 0 spiro atoms. The Balaban J connectivity index is 2.26. The Labute approximate surface area is 104 Å². The standard InChI is InChI=1S/C15H22O2/c1-5-17-13(16)15(9-10-15)12-7-6-8-14(3,4)11(12)2/h6-8,11H,5,9-10H2,1-4H3. The first-order valence-corrected chi connectivity index (χ1v) is 6.51. The Morgan fingerprint density at radius 3 is 2.65 bits per heavy atom. The minimum absolute atomic E-state index is 0.0239. The van der Waals surface area contributed by atoms with Gasteiger partial charge in [-0.15, -0.1) is 0 Å². The molecule has 0 bridgehead atoms. The van der Waals surface area contributed by atoms with Crippen LogP contribution >= 0.6 is 0 Å². The Morgan fingerprint density at radius 2 is 2.12 bits per heavy atom. The van der Waals surface area contributed by atoms with Crippen LogP contribution < -0.4 is 0 Å². The highest BCUT2D eigenvalue weighted by molar-refractivity contribution is 5.84. The van der Waals surface area contributed by atoms with Crippen molar-refractivity contribution in [1.82, 2.24) is 0 Å². The predicted molar refractivity (Wildman–Crippen MR) is 68.5 cm³/mol. The molecule has 0 radical (unpaired) electrons. The van der Waals surface area contributed by atoms with Crippen LogP contribution in [0.5, 0.6) is 0 Å². The van der Waals surface area contributed by atoms with Gasteiger partial charge in [-0.1, -0.05) is 39.0 Å². The van der Waals surface area contributed by atoms with Crippen LogP contribution in [0, 0.1) is 16.7 Å². The number of hydrogen-bond donors (Lipinski definition) is 0. The first kappa shape index (κ1) is 12.4. The molecule has 0 amide bonds. The Bertz CT molecular complexity index is 384. The second kappa shape index (κ2) is 4.01. The van der Waals surface area contributed by atoms with Crippen molar-refractivity contribution in [2.75, 3.05) is 6.61 Å². The van der Waals surface area contributed by atoms with E-state index in [1.165, 1.54) is 5.57 Å². The van der Waals surface area contributed by atoms with Gasteiger partial charge < -0.3 is 4.74 Å². The van der Waals surface area contributed by atoms with Gasteiger partial charge in [0.15, 0.2) is 0 Å². The second-order valence-electron chi connectivity index (χ2n) is 5.83. The molecule has 0 aliphatic heterocycles. The van der Waals surface area contributed by atoms with Crippen LogP contribution in [0.4, 0.5) is 0 Å². The molecule has 2 heteroatoms. The molecule has 2 aliphatic rings. The van der Waals surface area contributed by atoms with Crippen molar-refractivity contribution in [1.29, 1.82) is 0 Å². The Kier molecular flexibility index (Phi) is 2.92. The van der Waals surface area contributed by atoms with Gasteiger partial charge in [0.1, 0.15) is 0 Å². The van der Waals surface area contributed by atoms with Crippen LogP contribution in [-0.2, 0) is 9.53 Å². The number of carbonyl (C=O) groups is 1. The summed E-state index contributed by atoms with van der Waals surface area (Å²) >= 11 is 0. The highest BCUT2D eigenvalue weighted by Gasteiger charge is 2.56. The van der Waals surface area contributed by atoms with Gasteiger partial charge in [0.05, 0.1) is 12.0 Å². The van der Waals surface area contributed by atoms with E-state index in [2.05, 4.69) is 39.0 Å². The molecular weight excluding hydrogens is 212 g/mol. The first-order chi connectivity index (χ1) is 7.94. The van der Waals surface area contributed by atoms with Gasteiger partial charge in [0.2, 0.25) is 0 Å². The summed E-state index contributed by atoms with van der Waals surface area (Å²) < 4.78 is 5.24. The number of allylic oxidation sites excluding steroid dienone is 3. The fourth-order valence-electron chi connectivity index (χ4n) is 2.67. The topological polar surface area (TPSA) is 26.3 Å². The number of rotatable bonds is 3. The molecule has 17 heavy (non-hydrogen) atoms. The highest BCUT2D eigenvalue weighted by Crippen LogP contribution is 2.58. The van der Waals surface area contributed by atoms with E-state index in [9.17, 15) is 4.79 Å². The van der Waals surface area contributed by atoms with Crippen molar-refractivity contribution >= 4 is 5.97 Å². The number of carbonyl (C=O) groups excluding carboxylic acids is 1. The quantitative estimate of drug-likeness (QED) is 0.699. The van der Waals surface area contributed by atoms with E-state index in [4.69, 9.17) is 4.74 Å². The van der Waals surface area contributed by atoms with Crippen LogP contribution in [0.25, 0.3) is 0 Å². The third-order valence-corrected chi connectivity index (χ3v) is 4.35. The molecule has 94 valence electrons. The Hall–Kier alpha value is -1.05. The molecule has 1 fully saturated rings. The van der Waals surface area contributed by atoms with Gasteiger partial charge in [-0.3, -0.25) is 4.79 Å². The van der Waals surface area contributed by atoms with E-state index in [-0.39, 0.29) is 16.8 Å². The van der Waals surface area contributed by atoms with Gasteiger partial charge in [-0.25, -0.2) is 0 Å². The summed E-state index contributed by atoms with van der Waals surface area (Å²) in [4.78, 5) is 12.1. The average molecular weight is 234 g/mol. The molecule has 0 saturated heterocycles. The van der Waals surface area contributed by atoms with Crippen LogP contribution in [0.2, 0.25) is 0 Å². The van der Waals surface area contributed by atoms with Crippen molar-refractivity contribution in [2.24, 2.45) is 16.7 Å². The van der Waals surface area contributed by atoms with E-state index < -0.39 is 0 Å². The van der Waals surface area contributed by atoms with Crippen LogP contribution in [0.15, 0.2) is 23.8 Å². The average Bonchev–Trinajstić information content (AvgIpc) is 3.03. The van der Waals surface area contributed by atoms with Crippen molar-refractivity contribution < 1.29 is 9.53 Å². The van der Waals surface area contributed by atoms with E-state index in [0.717, 1.165) is 12.8 Å². The molecule has 2 aliphatic carbocycles. The van der Waals surface area contributed by atoms with Crippen molar-refractivity contribution in [3.63, 3.8) is 0 Å². The maximum absolute atomic E-state index is 12.1. The minimum Gasteiger partial charge on any atom is -0.465 e. The number of esters is 1. The van der Waals surface area contributed by atoms with Gasteiger partial charge in [0, 0.05) is 0 Å². The van der Waals surface area contributed by atoms with Crippen molar-refractivity contribution in [2.45, 2.75) is 40.5 Å². The highest BCUT2D eigenvalue weighted by atomic mass is 16.5. The normalized spacial score (nSPS) is 28.5. The van der Waals surface area contributed by atoms with Gasteiger partial charge in [0.25, 0.3) is 0 Å². The summed E-state index contributed by atoms with van der Waals surface area (Å²) in [5.74, 6) is 0.378. The van der Waals surface area contributed by atoms with E-state index in [0.29, 0.717) is 12.5 Å². The predicted octanol–water partition coefficient (Wildman–Crippen LogP) is 3.49. The molecular formula is C15H22O2. The Morgan fingerprint density at radius 1 is 1.47 bits per heavy atom. The monoisotopic (exact) mass is 234 g/mol. The fraction of sp³-hybridized carbons (Fsp3) is 0.667. The zero-order valence-corrected chi connectivity index (χ0v) is 11.2. The van der Waals surface area contributed by atoms with Gasteiger partial charge in [-0.2, -0.15) is 0 Å². The molecule has 1 unspecified atom stereocenters. The molecule has 2 rings (SSSR count). The molecule has 2 nitrogen and oxygen atoms in total. The fourth-order valence-corrected chi connectivity index (χ4v) is 2.67. The van der Waals surface area contributed by atoms with Crippen molar-refractivity contribution in [3.05, 3.63) is 23.8 Å². The molecule has 0 N–H and O–H groups in total. The van der Waals surface area contributed by atoms with E-state index in [1.54, 1.807) is 0 Å². The van der Waals surface area contributed by atoms with Crippen LogP contribution in [0.1, 0.15) is 40.5 Å². The lowest BCUT2D eigenvalue weighted by atomic mass is 9.68.